The summed E-state index contributed by atoms with van der Waals surface area (Å²) in [5.74, 6) is -0.933. The zero-order chi connectivity index (χ0) is 21.2. The third-order valence-corrected chi connectivity index (χ3v) is 8.70. The molecule has 1 spiro atoms. The maximum Gasteiger partial charge on any atom is 0.176 e. The number of hydrogen-bond donors (Lipinski definition) is 1. The van der Waals surface area contributed by atoms with E-state index >= 15 is 0 Å². The van der Waals surface area contributed by atoms with Gasteiger partial charge in [-0.05, 0) is 44.6 Å². The van der Waals surface area contributed by atoms with E-state index in [1.165, 1.54) is 27.8 Å². The van der Waals surface area contributed by atoms with E-state index in [0.29, 0.717) is 16.3 Å². The number of nitrogens with one attached hydrogen (secondary N) is 1. The normalized spacial score (nSPS) is 24.2. The molecule has 2 aliphatic heterocycles. The molecule has 0 saturated carbocycles. The lowest BCUT2D eigenvalue weighted by molar-refractivity contribution is 0.111. The van der Waals surface area contributed by atoms with E-state index in [4.69, 9.17) is 4.74 Å². The third kappa shape index (κ3) is 2.91. The van der Waals surface area contributed by atoms with Crippen LogP contribution in [0.2, 0.25) is 0 Å². The van der Waals surface area contributed by atoms with Gasteiger partial charge in [0.05, 0.1) is 28.0 Å². The molecule has 0 aliphatic carbocycles. The molecular formula is C22H20F2N4OS2. The van der Waals surface area contributed by atoms with Crippen molar-refractivity contribution in [2.24, 2.45) is 0 Å². The number of anilines is 2. The number of halogens is 2. The van der Waals surface area contributed by atoms with Gasteiger partial charge < -0.3 is 10.1 Å². The highest BCUT2D eigenvalue weighted by atomic mass is 32.1. The van der Waals surface area contributed by atoms with Crippen molar-refractivity contribution in [3.8, 4) is 0 Å². The number of ether oxygens (including phenoxy) is 1. The average Bonchev–Trinajstić information content (AvgIpc) is 3.53. The quantitative estimate of drug-likeness (QED) is 0.439. The predicted octanol–water partition coefficient (Wildman–Crippen LogP) is 5.51. The SMILES string of the molecule is CN1CC[C@@H](c2cc3c(Nc4c(F)cc5scnc5c4F)ccnc3s2)[C@@]12CCOC2. The van der Waals surface area contributed by atoms with Crippen molar-refractivity contribution in [2.45, 2.75) is 24.3 Å². The van der Waals surface area contributed by atoms with Gasteiger partial charge in [-0.15, -0.1) is 22.7 Å². The number of aromatic nitrogens is 2. The second kappa shape index (κ2) is 7.16. The number of likely N-dealkylation sites (tertiary alicyclic amines) is 1. The molecular weight excluding hydrogens is 438 g/mol. The Labute approximate surface area is 185 Å². The molecule has 1 aromatic carbocycles. The van der Waals surface area contributed by atoms with Crippen molar-refractivity contribution >= 4 is 54.5 Å². The van der Waals surface area contributed by atoms with Gasteiger partial charge in [-0.2, -0.15) is 0 Å². The number of thiazole rings is 1. The van der Waals surface area contributed by atoms with Crippen LogP contribution >= 0.6 is 22.7 Å². The van der Waals surface area contributed by atoms with Gasteiger partial charge in [-0.3, -0.25) is 4.90 Å². The Balaban J connectivity index is 1.42. The van der Waals surface area contributed by atoms with Crippen molar-refractivity contribution in [1.29, 1.82) is 0 Å². The maximum absolute atomic E-state index is 15.0. The number of pyridine rings is 1. The molecule has 0 bridgehead atoms. The second-order valence-corrected chi connectivity index (χ2v) is 10.2. The summed E-state index contributed by atoms with van der Waals surface area (Å²) in [5, 5.41) is 3.86. The van der Waals surface area contributed by atoms with E-state index in [0.717, 1.165) is 42.8 Å². The number of fused-ring (bicyclic) bond motifs is 2. The van der Waals surface area contributed by atoms with Gasteiger partial charge in [0, 0.05) is 29.0 Å². The zero-order valence-corrected chi connectivity index (χ0v) is 18.5. The molecule has 4 aromatic rings. The first-order valence-corrected chi connectivity index (χ1v) is 11.9. The highest BCUT2D eigenvalue weighted by Crippen LogP contribution is 2.49. The van der Waals surface area contributed by atoms with Crippen LogP contribution in [0.3, 0.4) is 0 Å². The van der Waals surface area contributed by atoms with Gasteiger partial charge in [-0.1, -0.05) is 0 Å². The predicted molar refractivity (Wildman–Crippen MR) is 121 cm³/mol. The lowest BCUT2D eigenvalue weighted by Crippen LogP contribution is -2.45. The molecule has 1 N–H and O–H groups in total. The first-order valence-electron chi connectivity index (χ1n) is 10.2. The van der Waals surface area contributed by atoms with Gasteiger partial charge in [-0.25, -0.2) is 18.7 Å². The van der Waals surface area contributed by atoms with E-state index in [9.17, 15) is 8.78 Å². The minimum absolute atomic E-state index is 0.0301. The molecule has 5 heterocycles. The van der Waals surface area contributed by atoms with Crippen molar-refractivity contribution in [3.63, 3.8) is 0 Å². The van der Waals surface area contributed by atoms with E-state index in [-0.39, 0.29) is 16.7 Å². The number of hydrogen-bond acceptors (Lipinski definition) is 7. The van der Waals surface area contributed by atoms with Crippen molar-refractivity contribution < 1.29 is 13.5 Å². The topological polar surface area (TPSA) is 50.3 Å². The largest absolute Gasteiger partial charge is 0.379 e. The molecule has 0 radical (unpaired) electrons. The average molecular weight is 459 g/mol. The smallest absolute Gasteiger partial charge is 0.176 e. The molecule has 9 heteroatoms. The fraction of sp³-hybridized carbons (Fsp3) is 0.364. The summed E-state index contributed by atoms with van der Waals surface area (Å²) >= 11 is 2.88. The Morgan fingerprint density at radius 1 is 1.29 bits per heavy atom. The monoisotopic (exact) mass is 458 g/mol. The van der Waals surface area contributed by atoms with Gasteiger partial charge in [0.1, 0.15) is 16.0 Å². The number of benzene rings is 1. The van der Waals surface area contributed by atoms with Gasteiger partial charge in [0.25, 0.3) is 0 Å². The third-order valence-electron chi connectivity index (χ3n) is 6.77. The van der Waals surface area contributed by atoms with Crippen LogP contribution in [0.4, 0.5) is 20.2 Å². The summed E-state index contributed by atoms with van der Waals surface area (Å²) in [6.07, 6.45) is 3.77. The maximum atomic E-state index is 15.0. The molecule has 3 aromatic heterocycles. The van der Waals surface area contributed by atoms with Crippen molar-refractivity contribution in [1.82, 2.24) is 14.9 Å². The summed E-state index contributed by atoms with van der Waals surface area (Å²) in [7, 11) is 2.17. The van der Waals surface area contributed by atoms with Gasteiger partial charge in [0.2, 0.25) is 0 Å². The molecule has 6 rings (SSSR count). The van der Waals surface area contributed by atoms with Crippen molar-refractivity contribution in [3.05, 3.63) is 46.4 Å². The molecule has 2 aliphatic rings. The summed E-state index contributed by atoms with van der Waals surface area (Å²) < 4.78 is 35.9. The zero-order valence-electron chi connectivity index (χ0n) is 16.8. The molecule has 0 amide bonds. The summed E-state index contributed by atoms with van der Waals surface area (Å²) in [6, 6.07) is 5.22. The molecule has 160 valence electrons. The number of nitrogens with zero attached hydrogens (tertiary/aromatic N) is 3. The van der Waals surface area contributed by atoms with E-state index in [1.807, 2.05) is 0 Å². The van der Waals surface area contributed by atoms with Crippen LogP contribution in [-0.4, -0.2) is 47.2 Å². The van der Waals surface area contributed by atoms with Crippen LogP contribution in [-0.2, 0) is 4.74 Å². The Morgan fingerprint density at radius 3 is 3.03 bits per heavy atom. The van der Waals surface area contributed by atoms with Crippen LogP contribution in [0.15, 0.2) is 29.9 Å². The summed E-state index contributed by atoms with van der Waals surface area (Å²) in [4.78, 5) is 13.1. The Bertz CT molecular complexity index is 1300. The first-order chi connectivity index (χ1) is 15.1. The van der Waals surface area contributed by atoms with Gasteiger partial charge in [0.15, 0.2) is 11.6 Å². The number of thiophene rings is 1. The molecule has 5 nitrogen and oxygen atoms in total. The first kappa shape index (κ1) is 19.5. The van der Waals surface area contributed by atoms with Crippen LogP contribution in [0.5, 0.6) is 0 Å². The van der Waals surface area contributed by atoms with Crippen LogP contribution in [0.25, 0.3) is 20.4 Å². The number of likely N-dealkylation sites (N-methyl/N-ethyl adjacent to an activating group) is 1. The van der Waals surface area contributed by atoms with E-state index < -0.39 is 11.6 Å². The second-order valence-electron chi connectivity index (χ2n) is 8.27. The molecule has 2 atom stereocenters. The van der Waals surface area contributed by atoms with Crippen LogP contribution in [0.1, 0.15) is 23.6 Å². The minimum Gasteiger partial charge on any atom is -0.379 e. The Kier molecular flexibility index (Phi) is 4.50. The standard InChI is InChI=1S/C22H20F2N4OS2/c1-28-6-3-13(22(28)4-7-29-10-22)16-8-12-15(2-5-25-21(12)31-16)27-19-14(23)9-17-20(18(19)24)26-11-30-17/h2,5,8-9,11,13H,3-4,6-7,10H2,1H3,(H,25,27)/t13-,22-/m0/s1. The van der Waals surface area contributed by atoms with Gasteiger partial charge >= 0.3 is 0 Å². The fourth-order valence-electron chi connectivity index (χ4n) is 5.05. The van der Waals surface area contributed by atoms with E-state index in [2.05, 4.69) is 33.3 Å². The van der Waals surface area contributed by atoms with E-state index in [1.54, 1.807) is 23.6 Å². The fourth-order valence-corrected chi connectivity index (χ4v) is 7.02. The van der Waals surface area contributed by atoms with Crippen molar-refractivity contribution in [2.75, 3.05) is 32.1 Å². The summed E-state index contributed by atoms with van der Waals surface area (Å²) in [5.41, 5.74) is 2.20. The number of rotatable bonds is 3. The molecule has 31 heavy (non-hydrogen) atoms. The highest BCUT2D eigenvalue weighted by Gasteiger charge is 2.50. The van der Waals surface area contributed by atoms with Crippen LogP contribution < -0.4 is 5.32 Å². The highest BCUT2D eigenvalue weighted by molar-refractivity contribution is 7.18. The molecule has 0 unspecified atom stereocenters. The lowest BCUT2D eigenvalue weighted by Gasteiger charge is -2.35. The summed E-state index contributed by atoms with van der Waals surface area (Å²) in [6.45, 7) is 2.56. The van der Waals surface area contributed by atoms with Crippen LogP contribution in [0, 0.1) is 11.6 Å². The molecule has 2 saturated heterocycles. The Morgan fingerprint density at radius 2 is 2.19 bits per heavy atom. The minimum atomic E-state index is -0.670. The Hall–Kier alpha value is -2.20. The molecule has 2 fully saturated rings. The lowest BCUT2D eigenvalue weighted by atomic mass is 9.83.